The first kappa shape index (κ1) is 14.5. The number of nitrogens with zero attached hydrogens (tertiary/aromatic N) is 3. The van der Waals surface area contributed by atoms with Crippen LogP contribution in [-0.2, 0) is 0 Å². The Hall–Kier alpha value is -1.95. The molecule has 2 aromatic rings. The molecule has 1 atom stereocenters. The fraction of sp³-hybridized carbons (Fsp3) is 0.357. The molecule has 2 heterocycles. The fourth-order valence-electron chi connectivity index (χ4n) is 1.80. The number of carbonyl (C=O) groups excluding carboxylic acids is 1. The van der Waals surface area contributed by atoms with Crippen LogP contribution in [0, 0.1) is 0 Å². The minimum absolute atomic E-state index is 0.0257. The van der Waals surface area contributed by atoms with Crippen LogP contribution in [0.15, 0.2) is 29.6 Å². The van der Waals surface area contributed by atoms with Crippen molar-refractivity contribution in [2.45, 2.75) is 19.9 Å². The van der Waals surface area contributed by atoms with E-state index >= 15 is 0 Å². The van der Waals surface area contributed by atoms with Crippen LogP contribution in [0.5, 0.6) is 0 Å². The van der Waals surface area contributed by atoms with Gasteiger partial charge in [0.05, 0.1) is 6.04 Å². The molecule has 0 aromatic carbocycles. The molecule has 106 valence electrons. The van der Waals surface area contributed by atoms with Gasteiger partial charge in [0, 0.05) is 18.5 Å². The van der Waals surface area contributed by atoms with Crippen molar-refractivity contribution in [3.8, 4) is 0 Å². The highest BCUT2D eigenvalue weighted by molar-refractivity contribution is 7.10. The largest absolute Gasteiger partial charge is 0.369 e. The van der Waals surface area contributed by atoms with Gasteiger partial charge in [-0.05, 0) is 37.4 Å². The van der Waals surface area contributed by atoms with Crippen LogP contribution in [0.1, 0.15) is 35.3 Å². The first-order chi connectivity index (χ1) is 9.63. The molecule has 0 fully saturated rings. The van der Waals surface area contributed by atoms with Gasteiger partial charge in [0.25, 0.3) is 5.91 Å². The number of hydrogen-bond acceptors (Lipinski definition) is 5. The lowest BCUT2D eigenvalue weighted by Crippen LogP contribution is -2.30. The predicted molar refractivity (Wildman–Crippen MR) is 81.0 cm³/mol. The third-order valence-electron chi connectivity index (χ3n) is 3.10. The number of anilines is 1. The number of hydrogen-bond donors (Lipinski definition) is 1. The Morgan fingerprint density at radius 2 is 2.20 bits per heavy atom. The standard InChI is InChI=1S/C14H18N4OS/c1-4-15-13-8-7-11(16-17-13)14(19)18(3)10(2)12-6-5-9-20-12/h5-10H,4H2,1-3H3,(H,15,17). The zero-order valence-electron chi connectivity index (χ0n) is 11.8. The number of amides is 1. The molecule has 0 aliphatic rings. The van der Waals surface area contributed by atoms with Crippen molar-refractivity contribution in [2.75, 3.05) is 18.9 Å². The Balaban J connectivity index is 2.10. The summed E-state index contributed by atoms with van der Waals surface area (Å²) in [7, 11) is 1.78. The van der Waals surface area contributed by atoms with E-state index in [2.05, 4.69) is 15.5 Å². The Kier molecular flexibility index (Phi) is 4.68. The molecule has 6 heteroatoms. The molecule has 0 aliphatic heterocycles. The Labute approximate surface area is 122 Å². The Morgan fingerprint density at radius 1 is 1.40 bits per heavy atom. The van der Waals surface area contributed by atoms with Crippen molar-refractivity contribution in [1.29, 1.82) is 0 Å². The van der Waals surface area contributed by atoms with E-state index in [1.165, 1.54) is 0 Å². The van der Waals surface area contributed by atoms with Crippen molar-refractivity contribution in [2.24, 2.45) is 0 Å². The summed E-state index contributed by atoms with van der Waals surface area (Å²) in [4.78, 5) is 15.2. The summed E-state index contributed by atoms with van der Waals surface area (Å²) in [5, 5.41) is 13.0. The van der Waals surface area contributed by atoms with Crippen LogP contribution in [0.2, 0.25) is 0 Å². The van der Waals surface area contributed by atoms with Crippen molar-refractivity contribution in [3.63, 3.8) is 0 Å². The quantitative estimate of drug-likeness (QED) is 0.920. The predicted octanol–water partition coefficient (Wildman–Crippen LogP) is 2.80. The number of carbonyl (C=O) groups is 1. The zero-order valence-corrected chi connectivity index (χ0v) is 12.6. The van der Waals surface area contributed by atoms with E-state index in [0.29, 0.717) is 11.5 Å². The smallest absolute Gasteiger partial charge is 0.274 e. The molecule has 0 spiro atoms. The van der Waals surface area contributed by atoms with Gasteiger partial charge in [0.1, 0.15) is 5.82 Å². The first-order valence-electron chi connectivity index (χ1n) is 6.51. The number of aromatic nitrogens is 2. The van der Waals surface area contributed by atoms with Gasteiger partial charge < -0.3 is 10.2 Å². The van der Waals surface area contributed by atoms with E-state index in [9.17, 15) is 4.79 Å². The van der Waals surface area contributed by atoms with Crippen LogP contribution in [0.3, 0.4) is 0 Å². The monoisotopic (exact) mass is 290 g/mol. The molecule has 1 amide bonds. The first-order valence-corrected chi connectivity index (χ1v) is 7.39. The molecule has 1 N–H and O–H groups in total. The second-order valence-corrected chi connectivity index (χ2v) is 5.42. The minimum Gasteiger partial charge on any atom is -0.369 e. The summed E-state index contributed by atoms with van der Waals surface area (Å²) in [5.41, 5.74) is 0.359. The summed E-state index contributed by atoms with van der Waals surface area (Å²) < 4.78 is 0. The van der Waals surface area contributed by atoms with Gasteiger partial charge in [-0.2, -0.15) is 0 Å². The van der Waals surface area contributed by atoms with Crippen LogP contribution in [0.25, 0.3) is 0 Å². The van der Waals surface area contributed by atoms with E-state index in [1.54, 1.807) is 35.4 Å². The van der Waals surface area contributed by atoms with E-state index in [1.807, 2.05) is 31.4 Å². The molecular formula is C14H18N4OS. The maximum absolute atomic E-state index is 12.4. The van der Waals surface area contributed by atoms with Crippen molar-refractivity contribution in [3.05, 3.63) is 40.2 Å². The molecule has 2 rings (SSSR count). The average molecular weight is 290 g/mol. The van der Waals surface area contributed by atoms with Crippen LogP contribution in [0.4, 0.5) is 5.82 Å². The average Bonchev–Trinajstić information content (AvgIpc) is 3.00. The second-order valence-electron chi connectivity index (χ2n) is 4.44. The van der Waals surface area contributed by atoms with Crippen LogP contribution in [-0.4, -0.2) is 34.6 Å². The molecule has 5 nitrogen and oxygen atoms in total. The highest BCUT2D eigenvalue weighted by atomic mass is 32.1. The van der Waals surface area contributed by atoms with E-state index in [4.69, 9.17) is 0 Å². The molecular weight excluding hydrogens is 272 g/mol. The highest BCUT2D eigenvalue weighted by Crippen LogP contribution is 2.24. The topological polar surface area (TPSA) is 58.1 Å². The Morgan fingerprint density at radius 3 is 2.75 bits per heavy atom. The van der Waals surface area contributed by atoms with E-state index in [-0.39, 0.29) is 11.9 Å². The summed E-state index contributed by atoms with van der Waals surface area (Å²) >= 11 is 1.64. The van der Waals surface area contributed by atoms with E-state index < -0.39 is 0 Å². The van der Waals surface area contributed by atoms with Gasteiger partial charge in [0.2, 0.25) is 0 Å². The van der Waals surface area contributed by atoms with Crippen molar-refractivity contribution < 1.29 is 4.79 Å². The summed E-state index contributed by atoms with van der Waals surface area (Å²) in [6.07, 6.45) is 0. The fourth-order valence-corrected chi connectivity index (χ4v) is 2.62. The highest BCUT2D eigenvalue weighted by Gasteiger charge is 2.20. The molecule has 2 aromatic heterocycles. The maximum atomic E-state index is 12.4. The lowest BCUT2D eigenvalue weighted by Gasteiger charge is -2.23. The molecule has 0 bridgehead atoms. The van der Waals surface area contributed by atoms with Gasteiger partial charge in [-0.1, -0.05) is 6.07 Å². The second kappa shape index (κ2) is 6.47. The van der Waals surface area contributed by atoms with Crippen LogP contribution < -0.4 is 5.32 Å². The lowest BCUT2D eigenvalue weighted by molar-refractivity contribution is 0.0738. The normalized spacial score (nSPS) is 11.9. The van der Waals surface area contributed by atoms with E-state index in [0.717, 1.165) is 11.4 Å². The molecule has 1 unspecified atom stereocenters. The summed E-state index contributed by atoms with van der Waals surface area (Å²) in [6, 6.07) is 7.51. The third kappa shape index (κ3) is 3.14. The van der Waals surface area contributed by atoms with Gasteiger partial charge in [-0.3, -0.25) is 4.79 Å². The molecule has 20 heavy (non-hydrogen) atoms. The SMILES string of the molecule is CCNc1ccc(C(=O)N(C)C(C)c2cccs2)nn1. The lowest BCUT2D eigenvalue weighted by atomic mass is 10.2. The molecule has 0 saturated carbocycles. The van der Waals surface area contributed by atoms with Crippen molar-refractivity contribution in [1.82, 2.24) is 15.1 Å². The van der Waals surface area contributed by atoms with Crippen molar-refractivity contribution >= 4 is 23.1 Å². The van der Waals surface area contributed by atoms with Gasteiger partial charge >= 0.3 is 0 Å². The maximum Gasteiger partial charge on any atom is 0.274 e. The van der Waals surface area contributed by atoms with Gasteiger partial charge in [0.15, 0.2) is 5.69 Å². The minimum atomic E-state index is -0.124. The van der Waals surface area contributed by atoms with Crippen LogP contribution >= 0.6 is 11.3 Å². The van der Waals surface area contributed by atoms with Gasteiger partial charge in [-0.25, -0.2) is 0 Å². The molecule has 0 radical (unpaired) electrons. The number of rotatable bonds is 5. The molecule has 0 aliphatic carbocycles. The zero-order chi connectivity index (χ0) is 14.5. The molecule has 0 saturated heterocycles. The summed E-state index contributed by atoms with van der Waals surface area (Å²) in [6.45, 7) is 4.76. The number of nitrogens with one attached hydrogen (secondary N) is 1. The van der Waals surface area contributed by atoms with Gasteiger partial charge in [-0.15, -0.1) is 21.5 Å². The summed E-state index contributed by atoms with van der Waals surface area (Å²) in [5.74, 6) is 0.555. The third-order valence-corrected chi connectivity index (χ3v) is 4.14. The Bertz CT molecular complexity index is 553. The number of thiophene rings is 1.